The van der Waals surface area contributed by atoms with E-state index >= 15 is 0 Å². The maximum absolute atomic E-state index is 12.6. The van der Waals surface area contributed by atoms with E-state index in [2.05, 4.69) is 20.9 Å². The summed E-state index contributed by atoms with van der Waals surface area (Å²) in [6.07, 6.45) is 0. The first-order valence-electron chi connectivity index (χ1n) is 10.2. The molecule has 0 radical (unpaired) electrons. The first-order valence-corrected chi connectivity index (χ1v) is 11.8. The lowest BCUT2D eigenvalue weighted by atomic mass is 10.3. The normalized spacial score (nSPS) is 11.6. The van der Waals surface area contributed by atoms with E-state index < -0.39 is 0 Å². The molecule has 1 aromatic heterocycles. The molecule has 9 heteroatoms. The number of aromatic nitrogens is 1. The molecule has 1 atom stereocenters. The van der Waals surface area contributed by atoms with Crippen molar-refractivity contribution in [3.05, 3.63) is 72.8 Å². The number of carbonyl (C=O) groups is 2. The van der Waals surface area contributed by atoms with Crippen molar-refractivity contribution >= 4 is 61.8 Å². The zero-order valence-electron chi connectivity index (χ0n) is 18.0. The summed E-state index contributed by atoms with van der Waals surface area (Å²) in [6, 6.07) is 21.9. The molecule has 4 rings (SSSR count). The van der Waals surface area contributed by atoms with Gasteiger partial charge >= 0.3 is 6.03 Å². The van der Waals surface area contributed by atoms with Crippen LogP contribution in [-0.2, 0) is 4.79 Å². The lowest BCUT2D eigenvalue weighted by molar-refractivity contribution is -0.115. The van der Waals surface area contributed by atoms with Gasteiger partial charge in [0.15, 0.2) is 5.13 Å². The Kier molecular flexibility index (Phi) is 7.11. The second-order valence-electron chi connectivity index (χ2n) is 7.07. The van der Waals surface area contributed by atoms with E-state index in [0.29, 0.717) is 16.5 Å². The van der Waals surface area contributed by atoms with Crippen LogP contribution in [0.2, 0.25) is 0 Å². The van der Waals surface area contributed by atoms with E-state index in [9.17, 15) is 9.59 Å². The summed E-state index contributed by atoms with van der Waals surface area (Å²) < 4.78 is 6.18. The van der Waals surface area contributed by atoms with Gasteiger partial charge in [0, 0.05) is 16.3 Å². The van der Waals surface area contributed by atoms with Crippen molar-refractivity contribution < 1.29 is 14.3 Å². The van der Waals surface area contributed by atoms with Gasteiger partial charge in [-0.1, -0.05) is 29.5 Å². The summed E-state index contributed by atoms with van der Waals surface area (Å²) in [6.45, 7) is 1.84. The Bertz CT molecular complexity index is 1260. The van der Waals surface area contributed by atoms with Gasteiger partial charge < -0.3 is 20.7 Å². The quantitative estimate of drug-likeness (QED) is 0.281. The zero-order valence-corrected chi connectivity index (χ0v) is 19.6. The predicted octanol–water partition coefficient (Wildman–Crippen LogP) is 6.07. The minimum atomic E-state index is -0.327. The number of nitrogens with zero attached hydrogens (tertiary/aromatic N) is 1. The number of thioether (sulfide) groups is 1. The van der Waals surface area contributed by atoms with Crippen LogP contribution in [0.25, 0.3) is 10.2 Å². The molecule has 4 aromatic rings. The largest absolute Gasteiger partial charge is 0.497 e. The first-order chi connectivity index (χ1) is 16.0. The molecule has 0 saturated carbocycles. The number of rotatable bonds is 7. The van der Waals surface area contributed by atoms with Gasteiger partial charge in [0.05, 0.1) is 22.6 Å². The lowest BCUT2D eigenvalue weighted by Crippen LogP contribution is -2.22. The number of anilines is 3. The van der Waals surface area contributed by atoms with Crippen LogP contribution in [0.4, 0.5) is 21.3 Å². The topological polar surface area (TPSA) is 92.3 Å². The third-order valence-corrected chi connectivity index (χ3v) is 6.70. The SMILES string of the molecule is COc1ccc2nc(NC(=O)C(C)Sc3ccc(NC(=O)Nc4ccccc4)cc3)sc2c1. The minimum absolute atomic E-state index is 0.129. The maximum atomic E-state index is 12.6. The van der Waals surface area contributed by atoms with E-state index in [1.807, 2.05) is 67.6 Å². The van der Waals surface area contributed by atoms with E-state index in [1.165, 1.54) is 23.1 Å². The van der Waals surface area contributed by atoms with Crippen molar-refractivity contribution in [1.29, 1.82) is 0 Å². The Morgan fingerprint density at radius 2 is 1.64 bits per heavy atom. The lowest BCUT2D eigenvalue weighted by Gasteiger charge is -2.11. The average Bonchev–Trinajstić information content (AvgIpc) is 3.22. The number of nitrogens with one attached hydrogen (secondary N) is 3. The molecule has 0 bridgehead atoms. The Morgan fingerprint density at radius 3 is 2.33 bits per heavy atom. The van der Waals surface area contributed by atoms with E-state index in [1.54, 1.807) is 19.2 Å². The van der Waals surface area contributed by atoms with E-state index in [0.717, 1.165) is 20.9 Å². The van der Waals surface area contributed by atoms with Crippen LogP contribution >= 0.6 is 23.1 Å². The summed E-state index contributed by atoms with van der Waals surface area (Å²) in [4.78, 5) is 30.1. The number of carbonyl (C=O) groups excluding carboxylic acids is 2. The van der Waals surface area contributed by atoms with Crippen molar-refractivity contribution in [3.8, 4) is 5.75 Å². The highest BCUT2D eigenvalue weighted by Gasteiger charge is 2.17. The summed E-state index contributed by atoms with van der Waals surface area (Å²) >= 11 is 2.84. The van der Waals surface area contributed by atoms with Gasteiger partial charge in [-0.3, -0.25) is 4.79 Å². The van der Waals surface area contributed by atoms with Gasteiger partial charge in [-0.15, -0.1) is 11.8 Å². The fourth-order valence-electron chi connectivity index (χ4n) is 2.98. The van der Waals surface area contributed by atoms with Crippen LogP contribution in [0.1, 0.15) is 6.92 Å². The zero-order chi connectivity index (χ0) is 23.2. The van der Waals surface area contributed by atoms with Crippen molar-refractivity contribution in [2.24, 2.45) is 0 Å². The molecular formula is C24H22N4O3S2. The number of urea groups is 1. The minimum Gasteiger partial charge on any atom is -0.497 e. The molecule has 3 aromatic carbocycles. The highest BCUT2D eigenvalue weighted by atomic mass is 32.2. The van der Waals surface area contributed by atoms with Gasteiger partial charge in [-0.05, 0) is 61.5 Å². The average molecular weight is 479 g/mol. The Hall–Kier alpha value is -3.56. The van der Waals surface area contributed by atoms with Crippen molar-refractivity contribution in [1.82, 2.24) is 4.98 Å². The molecule has 3 N–H and O–H groups in total. The standard InChI is InChI=1S/C24H22N4O3S2/c1-15(22(29)28-24-27-20-13-10-18(31-2)14-21(20)33-24)32-19-11-8-17(9-12-19)26-23(30)25-16-6-4-3-5-7-16/h3-15H,1-2H3,(H2,25,26,30)(H,27,28,29). The van der Waals surface area contributed by atoms with Gasteiger partial charge in [0.25, 0.3) is 0 Å². The van der Waals surface area contributed by atoms with Crippen LogP contribution in [0.5, 0.6) is 5.75 Å². The number of hydrogen-bond donors (Lipinski definition) is 3. The monoisotopic (exact) mass is 478 g/mol. The smallest absolute Gasteiger partial charge is 0.323 e. The number of fused-ring (bicyclic) bond motifs is 1. The molecule has 0 aliphatic heterocycles. The van der Waals surface area contributed by atoms with Crippen molar-refractivity contribution in [2.45, 2.75) is 17.1 Å². The second-order valence-corrected chi connectivity index (χ2v) is 9.52. The van der Waals surface area contributed by atoms with E-state index in [-0.39, 0.29) is 17.2 Å². The first kappa shape index (κ1) is 22.6. The number of thiazole rings is 1. The van der Waals surface area contributed by atoms with Crippen LogP contribution in [0, 0.1) is 0 Å². The summed E-state index contributed by atoms with van der Waals surface area (Å²) in [7, 11) is 1.62. The number of methoxy groups -OCH3 is 1. The third kappa shape index (κ3) is 6.03. The van der Waals surface area contributed by atoms with Gasteiger partial charge in [0.2, 0.25) is 5.91 Å². The number of benzene rings is 3. The van der Waals surface area contributed by atoms with Gasteiger partial charge in [-0.25, -0.2) is 9.78 Å². The number of ether oxygens (including phenoxy) is 1. The highest BCUT2D eigenvalue weighted by molar-refractivity contribution is 8.00. The third-order valence-electron chi connectivity index (χ3n) is 4.65. The van der Waals surface area contributed by atoms with Crippen LogP contribution in [-0.4, -0.2) is 29.3 Å². The van der Waals surface area contributed by atoms with Crippen LogP contribution in [0.3, 0.4) is 0 Å². The van der Waals surface area contributed by atoms with Crippen LogP contribution in [0.15, 0.2) is 77.7 Å². The summed E-state index contributed by atoms with van der Waals surface area (Å²) in [5.41, 5.74) is 2.19. The number of para-hydroxylation sites is 1. The number of hydrogen-bond acceptors (Lipinski definition) is 6. The van der Waals surface area contributed by atoms with Crippen molar-refractivity contribution in [3.63, 3.8) is 0 Å². The summed E-state index contributed by atoms with van der Waals surface area (Å²) in [5, 5.41) is 8.68. The predicted molar refractivity (Wildman–Crippen MR) is 136 cm³/mol. The Balaban J connectivity index is 1.31. The molecule has 0 aliphatic carbocycles. The molecule has 33 heavy (non-hydrogen) atoms. The molecular weight excluding hydrogens is 456 g/mol. The molecule has 0 aliphatic rings. The fraction of sp³-hybridized carbons (Fsp3) is 0.125. The maximum Gasteiger partial charge on any atom is 0.323 e. The summed E-state index contributed by atoms with van der Waals surface area (Å²) in [5.74, 6) is 0.624. The molecule has 168 valence electrons. The molecule has 1 unspecified atom stereocenters. The Labute approximate surface area is 199 Å². The Morgan fingerprint density at radius 1 is 0.939 bits per heavy atom. The number of amides is 3. The molecule has 0 spiro atoms. The van der Waals surface area contributed by atoms with Gasteiger partial charge in [0.1, 0.15) is 5.75 Å². The molecule has 0 fully saturated rings. The molecule has 0 saturated heterocycles. The fourth-order valence-corrected chi connectivity index (χ4v) is 4.75. The molecule has 1 heterocycles. The highest BCUT2D eigenvalue weighted by Crippen LogP contribution is 2.30. The van der Waals surface area contributed by atoms with E-state index in [4.69, 9.17) is 4.74 Å². The molecule has 7 nitrogen and oxygen atoms in total. The van der Waals surface area contributed by atoms with Crippen molar-refractivity contribution in [2.75, 3.05) is 23.1 Å². The van der Waals surface area contributed by atoms with Gasteiger partial charge in [-0.2, -0.15) is 0 Å². The van der Waals surface area contributed by atoms with Crippen LogP contribution < -0.4 is 20.7 Å². The molecule has 3 amide bonds. The second kappa shape index (κ2) is 10.4.